The van der Waals surface area contributed by atoms with Crippen LogP contribution in [0.4, 0.5) is 5.69 Å². The number of hydrogen-bond donors (Lipinski definition) is 1. The van der Waals surface area contributed by atoms with Crippen molar-refractivity contribution in [1.82, 2.24) is 10.2 Å². The molecule has 0 heterocycles. The average Bonchev–Trinajstić information content (AvgIpc) is 2.88. The molecule has 0 aliphatic rings. The maximum Gasteiger partial charge on any atom is 0.244 e. The summed E-state index contributed by atoms with van der Waals surface area (Å²) in [6.45, 7) is 5.23. The lowest BCUT2D eigenvalue weighted by Crippen LogP contribution is -2.52. The van der Waals surface area contributed by atoms with E-state index in [4.69, 9.17) is 16.3 Å². The van der Waals surface area contributed by atoms with E-state index in [-0.39, 0.29) is 18.5 Å². The molecule has 3 aromatic rings. The number of sulfonamides is 1. The van der Waals surface area contributed by atoms with Crippen molar-refractivity contribution in [3.63, 3.8) is 0 Å². The maximum absolute atomic E-state index is 13.6. The molecule has 39 heavy (non-hydrogen) atoms. The first-order valence-corrected chi connectivity index (χ1v) is 14.8. The molecule has 0 bridgehead atoms. The smallest absolute Gasteiger partial charge is 0.244 e. The number of anilines is 1. The normalized spacial score (nSPS) is 12.1. The van der Waals surface area contributed by atoms with E-state index in [1.54, 1.807) is 55.5 Å². The zero-order chi connectivity index (χ0) is 28.6. The Bertz CT molecular complexity index is 1370. The standard InChI is InChI=1S/C29H34ClN3O5S/c1-21(2)31-29(35)22(3)32(18-24-11-8-12-25(30)17-24)28(34)19-33(39(4,36)37)26-13-15-27(16-14-26)38-20-23-9-6-5-7-10-23/h5-17,21-22H,18-20H2,1-4H3,(H,31,35). The van der Waals surface area contributed by atoms with Crippen LogP contribution in [0.2, 0.25) is 5.02 Å². The lowest BCUT2D eigenvalue weighted by atomic mass is 10.1. The molecular formula is C29H34ClN3O5S. The summed E-state index contributed by atoms with van der Waals surface area (Å²) in [5, 5.41) is 3.31. The number of rotatable bonds is 12. The summed E-state index contributed by atoms with van der Waals surface area (Å²) in [7, 11) is -3.84. The van der Waals surface area contributed by atoms with Crippen molar-refractivity contribution in [2.75, 3.05) is 17.1 Å². The molecule has 0 aliphatic carbocycles. The van der Waals surface area contributed by atoms with Crippen molar-refractivity contribution < 1.29 is 22.7 Å². The first-order chi connectivity index (χ1) is 18.4. The van der Waals surface area contributed by atoms with E-state index in [2.05, 4.69) is 5.32 Å². The topological polar surface area (TPSA) is 96.0 Å². The largest absolute Gasteiger partial charge is 0.489 e. The van der Waals surface area contributed by atoms with E-state index in [1.807, 2.05) is 44.2 Å². The van der Waals surface area contributed by atoms with Crippen LogP contribution in [-0.4, -0.2) is 50.0 Å². The van der Waals surface area contributed by atoms with Crippen LogP contribution in [0.5, 0.6) is 5.75 Å². The second-order valence-electron chi connectivity index (χ2n) is 9.53. The third-order valence-electron chi connectivity index (χ3n) is 5.89. The second kappa shape index (κ2) is 13.5. The zero-order valence-corrected chi connectivity index (χ0v) is 24.1. The van der Waals surface area contributed by atoms with Crippen LogP contribution in [0.1, 0.15) is 31.9 Å². The zero-order valence-electron chi connectivity index (χ0n) is 22.5. The number of amides is 2. The summed E-state index contributed by atoms with van der Waals surface area (Å²) in [5.41, 5.74) is 2.02. The van der Waals surface area contributed by atoms with E-state index in [0.717, 1.165) is 16.1 Å². The molecule has 0 fully saturated rings. The quantitative estimate of drug-likeness (QED) is 0.342. The van der Waals surface area contributed by atoms with Gasteiger partial charge in [0.25, 0.3) is 0 Å². The summed E-state index contributed by atoms with van der Waals surface area (Å²) >= 11 is 6.13. The van der Waals surface area contributed by atoms with Crippen molar-refractivity contribution in [2.24, 2.45) is 0 Å². The third kappa shape index (κ3) is 9.01. The fourth-order valence-corrected chi connectivity index (χ4v) is 4.95. The number of carbonyl (C=O) groups is 2. The predicted molar refractivity (Wildman–Crippen MR) is 154 cm³/mol. The molecule has 208 valence electrons. The van der Waals surface area contributed by atoms with Crippen molar-refractivity contribution in [3.8, 4) is 5.75 Å². The fourth-order valence-electron chi connectivity index (χ4n) is 3.88. The number of hydrogen-bond acceptors (Lipinski definition) is 5. The van der Waals surface area contributed by atoms with Gasteiger partial charge in [-0.3, -0.25) is 13.9 Å². The molecule has 0 spiro atoms. The number of nitrogens with one attached hydrogen (secondary N) is 1. The van der Waals surface area contributed by atoms with Gasteiger partial charge in [0.1, 0.15) is 24.9 Å². The highest BCUT2D eigenvalue weighted by atomic mass is 35.5. The monoisotopic (exact) mass is 571 g/mol. The predicted octanol–water partition coefficient (Wildman–Crippen LogP) is 4.63. The van der Waals surface area contributed by atoms with E-state index >= 15 is 0 Å². The molecule has 10 heteroatoms. The van der Waals surface area contributed by atoms with Gasteiger partial charge in [-0.1, -0.05) is 54.1 Å². The van der Waals surface area contributed by atoms with Crippen molar-refractivity contribution >= 4 is 39.1 Å². The molecule has 1 unspecified atom stereocenters. The highest BCUT2D eigenvalue weighted by Crippen LogP contribution is 2.23. The Kier molecular flexibility index (Phi) is 10.4. The average molecular weight is 572 g/mol. The molecule has 1 atom stereocenters. The Hall–Kier alpha value is -3.56. The molecule has 3 rings (SSSR count). The first-order valence-electron chi connectivity index (χ1n) is 12.5. The Morgan fingerprint density at radius 2 is 1.56 bits per heavy atom. The number of nitrogens with zero attached hydrogens (tertiary/aromatic N) is 2. The number of benzene rings is 3. The molecule has 1 N–H and O–H groups in total. The van der Waals surface area contributed by atoms with Crippen molar-refractivity contribution in [3.05, 3.63) is 95.0 Å². The van der Waals surface area contributed by atoms with Gasteiger partial charge in [-0.05, 0) is 68.3 Å². The summed E-state index contributed by atoms with van der Waals surface area (Å²) in [6.07, 6.45) is 1.04. The molecule has 3 aromatic carbocycles. The minimum absolute atomic E-state index is 0.0793. The molecule has 2 amide bonds. The van der Waals surface area contributed by atoms with Gasteiger partial charge in [-0.25, -0.2) is 8.42 Å². The van der Waals surface area contributed by atoms with Gasteiger partial charge in [0.05, 0.1) is 11.9 Å². The third-order valence-corrected chi connectivity index (χ3v) is 7.27. The van der Waals surface area contributed by atoms with Gasteiger partial charge in [0.15, 0.2) is 0 Å². The SMILES string of the molecule is CC(C)NC(=O)C(C)N(Cc1cccc(Cl)c1)C(=O)CN(c1ccc(OCc2ccccc2)cc1)S(C)(=O)=O. The highest BCUT2D eigenvalue weighted by Gasteiger charge is 2.30. The molecule has 0 aromatic heterocycles. The lowest BCUT2D eigenvalue weighted by Gasteiger charge is -2.32. The highest BCUT2D eigenvalue weighted by molar-refractivity contribution is 7.92. The van der Waals surface area contributed by atoms with Crippen LogP contribution < -0.4 is 14.4 Å². The van der Waals surface area contributed by atoms with Gasteiger partial charge in [0.2, 0.25) is 21.8 Å². The van der Waals surface area contributed by atoms with Crippen LogP contribution in [0.25, 0.3) is 0 Å². The van der Waals surface area contributed by atoms with Gasteiger partial charge in [-0.15, -0.1) is 0 Å². The van der Waals surface area contributed by atoms with Crippen LogP contribution in [0.3, 0.4) is 0 Å². The molecule has 0 saturated heterocycles. The summed E-state index contributed by atoms with van der Waals surface area (Å²) in [5.74, 6) is -0.314. The van der Waals surface area contributed by atoms with Gasteiger partial charge < -0.3 is 15.0 Å². The minimum Gasteiger partial charge on any atom is -0.489 e. The van der Waals surface area contributed by atoms with E-state index in [0.29, 0.717) is 28.6 Å². The summed E-state index contributed by atoms with van der Waals surface area (Å²) < 4.78 is 32.4. The Labute approximate surface area is 235 Å². The van der Waals surface area contributed by atoms with Gasteiger partial charge in [0, 0.05) is 17.6 Å². The minimum atomic E-state index is -3.84. The van der Waals surface area contributed by atoms with E-state index < -0.39 is 28.5 Å². The van der Waals surface area contributed by atoms with Crippen LogP contribution >= 0.6 is 11.6 Å². The summed E-state index contributed by atoms with van der Waals surface area (Å²) in [6, 6.07) is 22.1. The van der Waals surface area contributed by atoms with Gasteiger partial charge >= 0.3 is 0 Å². The van der Waals surface area contributed by atoms with Gasteiger partial charge in [-0.2, -0.15) is 0 Å². The molecule has 0 radical (unpaired) electrons. The fraction of sp³-hybridized carbons (Fsp3) is 0.310. The van der Waals surface area contributed by atoms with E-state index in [9.17, 15) is 18.0 Å². The Balaban J connectivity index is 1.82. The van der Waals surface area contributed by atoms with Crippen LogP contribution in [0, 0.1) is 0 Å². The van der Waals surface area contributed by atoms with Crippen LogP contribution in [-0.2, 0) is 32.8 Å². The van der Waals surface area contributed by atoms with Crippen molar-refractivity contribution in [2.45, 2.75) is 46.0 Å². The molecule has 8 nitrogen and oxygen atoms in total. The number of ether oxygens (including phenoxy) is 1. The van der Waals surface area contributed by atoms with Crippen molar-refractivity contribution in [1.29, 1.82) is 0 Å². The Morgan fingerprint density at radius 3 is 2.15 bits per heavy atom. The first kappa shape index (κ1) is 30.0. The maximum atomic E-state index is 13.6. The van der Waals surface area contributed by atoms with E-state index in [1.165, 1.54) is 4.90 Å². The van der Waals surface area contributed by atoms with Crippen LogP contribution in [0.15, 0.2) is 78.9 Å². The number of carbonyl (C=O) groups excluding carboxylic acids is 2. The lowest BCUT2D eigenvalue weighted by molar-refractivity contribution is -0.139. The number of halogens is 1. The Morgan fingerprint density at radius 1 is 0.923 bits per heavy atom. The molecule has 0 saturated carbocycles. The molecular weight excluding hydrogens is 538 g/mol. The second-order valence-corrected chi connectivity index (χ2v) is 11.9. The summed E-state index contributed by atoms with van der Waals surface area (Å²) in [4.78, 5) is 27.8. The molecule has 0 aliphatic heterocycles.